The maximum Gasteiger partial charge on any atom is 0.335 e. The van der Waals surface area contributed by atoms with E-state index in [2.05, 4.69) is 15.6 Å². The van der Waals surface area contributed by atoms with E-state index in [4.69, 9.17) is 5.11 Å². The number of carbonyl (C=O) groups is 3. The molecule has 1 aliphatic rings. The Labute approximate surface area is 109 Å². The number of nitrogens with zero attached hydrogens (tertiary/aromatic N) is 1. The standard InChI is InChI=1S/C12H13N3O4/c1-6-4-7(12(18)19)5-9(13-6)14-8-2-3-10(16)15-11(8)17/h4-5,8H,2-3H2,1H3,(H,13,14)(H,18,19)(H,15,16,17). The summed E-state index contributed by atoms with van der Waals surface area (Å²) in [5.41, 5.74) is 0.636. The third-order valence-corrected chi connectivity index (χ3v) is 2.76. The molecule has 19 heavy (non-hydrogen) atoms. The number of pyridine rings is 1. The lowest BCUT2D eigenvalue weighted by Crippen LogP contribution is -2.47. The zero-order chi connectivity index (χ0) is 14.0. The highest BCUT2D eigenvalue weighted by Gasteiger charge is 2.26. The molecular weight excluding hydrogens is 250 g/mol. The van der Waals surface area contributed by atoms with Gasteiger partial charge in [-0.2, -0.15) is 0 Å². The van der Waals surface area contributed by atoms with Crippen molar-refractivity contribution in [3.8, 4) is 0 Å². The summed E-state index contributed by atoms with van der Waals surface area (Å²) in [7, 11) is 0. The molecule has 1 aromatic heterocycles. The van der Waals surface area contributed by atoms with Gasteiger partial charge in [0.1, 0.15) is 11.9 Å². The fourth-order valence-corrected chi connectivity index (χ4v) is 1.88. The highest BCUT2D eigenvalue weighted by atomic mass is 16.4. The Morgan fingerprint density at radius 2 is 2.21 bits per heavy atom. The minimum absolute atomic E-state index is 0.0993. The molecule has 1 fully saturated rings. The maximum absolute atomic E-state index is 11.6. The number of carboxylic acids is 1. The predicted octanol–water partition coefficient (Wildman–Crippen LogP) is 0.305. The normalized spacial score (nSPS) is 18.9. The second-order valence-electron chi connectivity index (χ2n) is 4.34. The lowest BCUT2D eigenvalue weighted by atomic mass is 10.1. The lowest BCUT2D eigenvalue weighted by Gasteiger charge is -2.22. The average molecular weight is 263 g/mol. The summed E-state index contributed by atoms with van der Waals surface area (Å²) in [5, 5.41) is 14.0. The molecule has 0 radical (unpaired) electrons. The average Bonchev–Trinajstić information content (AvgIpc) is 2.32. The predicted molar refractivity (Wildman–Crippen MR) is 65.7 cm³/mol. The number of piperidine rings is 1. The first kappa shape index (κ1) is 13.0. The molecular formula is C12H13N3O4. The number of aryl methyl sites for hydroxylation is 1. The molecule has 2 amide bonds. The number of nitrogens with one attached hydrogen (secondary N) is 2. The molecule has 1 saturated heterocycles. The zero-order valence-electron chi connectivity index (χ0n) is 10.3. The molecule has 0 saturated carbocycles. The topological polar surface area (TPSA) is 108 Å². The van der Waals surface area contributed by atoms with Gasteiger partial charge in [-0.15, -0.1) is 0 Å². The number of imide groups is 1. The SMILES string of the molecule is Cc1cc(C(=O)O)cc(NC2CCC(=O)NC2=O)n1. The van der Waals surface area contributed by atoms with Gasteiger partial charge in [0.2, 0.25) is 11.8 Å². The van der Waals surface area contributed by atoms with E-state index in [0.717, 1.165) is 0 Å². The Morgan fingerprint density at radius 3 is 2.84 bits per heavy atom. The monoisotopic (exact) mass is 263 g/mol. The molecule has 0 aromatic carbocycles. The van der Waals surface area contributed by atoms with Crippen LogP contribution in [0.1, 0.15) is 28.9 Å². The summed E-state index contributed by atoms with van der Waals surface area (Å²) in [5.74, 6) is -1.47. The molecule has 0 bridgehead atoms. The number of carbonyl (C=O) groups excluding carboxylic acids is 2. The van der Waals surface area contributed by atoms with Crippen LogP contribution in [-0.2, 0) is 9.59 Å². The van der Waals surface area contributed by atoms with Crippen molar-refractivity contribution in [3.63, 3.8) is 0 Å². The van der Waals surface area contributed by atoms with Crippen molar-refractivity contribution >= 4 is 23.6 Å². The van der Waals surface area contributed by atoms with Crippen molar-refractivity contribution in [3.05, 3.63) is 23.4 Å². The van der Waals surface area contributed by atoms with Crippen LogP contribution in [-0.4, -0.2) is 33.9 Å². The number of hydrogen-bond acceptors (Lipinski definition) is 5. The third-order valence-electron chi connectivity index (χ3n) is 2.76. The first-order valence-electron chi connectivity index (χ1n) is 5.78. The molecule has 0 spiro atoms. The van der Waals surface area contributed by atoms with Gasteiger partial charge in [0.25, 0.3) is 0 Å². The zero-order valence-corrected chi connectivity index (χ0v) is 10.3. The van der Waals surface area contributed by atoms with Crippen molar-refractivity contribution in [1.29, 1.82) is 0 Å². The van der Waals surface area contributed by atoms with Gasteiger partial charge in [-0.25, -0.2) is 9.78 Å². The maximum atomic E-state index is 11.6. The molecule has 3 N–H and O–H groups in total. The molecule has 0 aliphatic carbocycles. The van der Waals surface area contributed by atoms with Crippen LogP contribution >= 0.6 is 0 Å². The van der Waals surface area contributed by atoms with Crippen LogP contribution in [0.4, 0.5) is 5.82 Å². The summed E-state index contributed by atoms with van der Waals surface area (Å²) < 4.78 is 0. The molecule has 7 heteroatoms. The number of aromatic nitrogens is 1. The molecule has 100 valence electrons. The van der Waals surface area contributed by atoms with Crippen molar-refractivity contribution in [2.24, 2.45) is 0 Å². The van der Waals surface area contributed by atoms with Crippen molar-refractivity contribution in [2.45, 2.75) is 25.8 Å². The summed E-state index contributed by atoms with van der Waals surface area (Å²) in [4.78, 5) is 37.6. The van der Waals surface area contributed by atoms with E-state index < -0.39 is 17.9 Å². The number of carboxylic acid groups (broad SMARTS) is 1. The Kier molecular flexibility index (Phi) is 3.46. The number of anilines is 1. The van der Waals surface area contributed by atoms with Crippen LogP contribution in [0.15, 0.2) is 12.1 Å². The van der Waals surface area contributed by atoms with Crippen LogP contribution in [0.25, 0.3) is 0 Å². The van der Waals surface area contributed by atoms with Crippen LogP contribution in [0.2, 0.25) is 0 Å². The molecule has 7 nitrogen and oxygen atoms in total. The summed E-state index contributed by atoms with van der Waals surface area (Å²) >= 11 is 0. The molecule has 2 rings (SSSR count). The number of amides is 2. The van der Waals surface area contributed by atoms with E-state index in [0.29, 0.717) is 17.9 Å². The third kappa shape index (κ3) is 3.06. The Hall–Kier alpha value is -2.44. The Balaban J connectivity index is 2.17. The molecule has 1 aliphatic heterocycles. The fourth-order valence-electron chi connectivity index (χ4n) is 1.88. The number of aromatic carboxylic acids is 1. The second-order valence-corrected chi connectivity index (χ2v) is 4.34. The van der Waals surface area contributed by atoms with Gasteiger partial charge in [0, 0.05) is 12.1 Å². The van der Waals surface area contributed by atoms with E-state index in [1.165, 1.54) is 12.1 Å². The van der Waals surface area contributed by atoms with Crippen molar-refractivity contribution < 1.29 is 19.5 Å². The van der Waals surface area contributed by atoms with Crippen molar-refractivity contribution in [1.82, 2.24) is 10.3 Å². The minimum atomic E-state index is -1.06. The summed E-state index contributed by atoms with van der Waals surface area (Å²) in [6.07, 6.45) is 0.615. The highest BCUT2D eigenvalue weighted by molar-refractivity contribution is 6.01. The van der Waals surface area contributed by atoms with Gasteiger partial charge in [0.15, 0.2) is 0 Å². The van der Waals surface area contributed by atoms with E-state index in [1.54, 1.807) is 6.92 Å². The first-order valence-corrected chi connectivity index (χ1v) is 5.78. The number of hydrogen-bond donors (Lipinski definition) is 3. The van der Waals surface area contributed by atoms with Crippen LogP contribution in [0, 0.1) is 6.92 Å². The summed E-state index contributed by atoms with van der Waals surface area (Å²) in [6.45, 7) is 1.67. The van der Waals surface area contributed by atoms with Crippen LogP contribution < -0.4 is 10.6 Å². The Bertz CT molecular complexity index is 556. The van der Waals surface area contributed by atoms with Gasteiger partial charge in [-0.05, 0) is 25.5 Å². The van der Waals surface area contributed by atoms with E-state index in [-0.39, 0.29) is 17.9 Å². The Morgan fingerprint density at radius 1 is 1.47 bits per heavy atom. The smallest absolute Gasteiger partial charge is 0.335 e. The van der Waals surface area contributed by atoms with E-state index in [1.807, 2.05) is 0 Å². The van der Waals surface area contributed by atoms with Gasteiger partial charge in [-0.3, -0.25) is 14.9 Å². The second kappa shape index (κ2) is 5.05. The van der Waals surface area contributed by atoms with Gasteiger partial charge in [-0.1, -0.05) is 0 Å². The lowest BCUT2D eigenvalue weighted by molar-refractivity contribution is -0.133. The minimum Gasteiger partial charge on any atom is -0.478 e. The van der Waals surface area contributed by atoms with Crippen LogP contribution in [0.5, 0.6) is 0 Å². The number of rotatable bonds is 3. The fraction of sp³-hybridized carbons (Fsp3) is 0.333. The van der Waals surface area contributed by atoms with Gasteiger partial charge >= 0.3 is 5.97 Å². The molecule has 1 aromatic rings. The molecule has 1 atom stereocenters. The van der Waals surface area contributed by atoms with E-state index >= 15 is 0 Å². The molecule has 1 unspecified atom stereocenters. The van der Waals surface area contributed by atoms with Crippen LogP contribution in [0.3, 0.4) is 0 Å². The largest absolute Gasteiger partial charge is 0.478 e. The first-order chi connectivity index (χ1) is 8.95. The quantitative estimate of drug-likeness (QED) is 0.677. The van der Waals surface area contributed by atoms with Gasteiger partial charge in [0.05, 0.1) is 5.56 Å². The van der Waals surface area contributed by atoms with Crippen molar-refractivity contribution in [2.75, 3.05) is 5.32 Å². The van der Waals surface area contributed by atoms with E-state index in [9.17, 15) is 14.4 Å². The van der Waals surface area contributed by atoms with Gasteiger partial charge < -0.3 is 10.4 Å². The summed E-state index contributed by atoms with van der Waals surface area (Å²) in [6, 6.07) is 2.23. The highest BCUT2D eigenvalue weighted by Crippen LogP contribution is 2.14. The molecule has 2 heterocycles.